The van der Waals surface area contributed by atoms with E-state index in [4.69, 9.17) is 11.6 Å². The lowest BCUT2D eigenvalue weighted by Gasteiger charge is -2.35. The molecule has 0 bridgehead atoms. The number of benzene rings is 2. The summed E-state index contributed by atoms with van der Waals surface area (Å²) in [5.74, 6) is -1.60. The average Bonchev–Trinajstić information content (AvgIpc) is 3.25. The number of rotatable bonds is 4. The Bertz CT molecular complexity index is 1340. The van der Waals surface area contributed by atoms with Crippen molar-refractivity contribution in [1.82, 2.24) is 9.03 Å². The van der Waals surface area contributed by atoms with Crippen LogP contribution in [0.5, 0.6) is 0 Å². The molecule has 2 atom stereocenters. The first kappa shape index (κ1) is 24.2. The summed E-state index contributed by atoms with van der Waals surface area (Å²) in [7, 11) is -2.64. The number of likely N-dealkylation sites (N-methyl/N-ethyl adjacent to an activating group) is 1. The molecule has 2 N–H and O–H groups in total. The fourth-order valence-electron chi connectivity index (χ4n) is 3.44. The van der Waals surface area contributed by atoms with Crippen molar-refractivity contribution in [3.8, 4) is 10.4 Å². The number of carbonyl (C=O) groups excluding carboxylic acids is 1. The minimum atomic E-state index is -3.95. The summed E-state index contributed by atoms with van der Waals surface area (Å²) in [6.07, 6.45) is 0.158. The molecule has 0 aliphatic carbocycles. The lowest BCUT2D eigenvalue weighted by Crippen LogP contribution is -2.55. The van der Waals surface area contributed by atoms with Crippen LogP contribution in [-0.4, -0.2) is 31.7 Å². The normalized spacial score (nSPS) is 20.5. The monoisotopic (exact) mass is 575 g/mol. The van der Waals surface area contributed by atoms with Crippen molar-refractivity contribution in [2.75, 3.05) is 12.4 Å². The Morgan fingerprint density at radius 3 is 2.64 bits per heavy atom. The Morgan fingerprint density at radius 1 is 1.18 bits per heavy atom. The number of nitrogens with zero attached hydrogens (tertiary/aromatic N) is 1. The van der Waals surface area contributed by atoms with Crippen LogP contribution in [0.2, 0.25) is 5.02 Å². The highest BCUT2D eigenvalue weighted by molar-refractivity contribution is 9.10. The summed E-state index contributed by atoms with van der Waals surface area (Å²) < 4.78 is 56.6. The molecule has 0 radical (unpaired) electrons. The molecule has 1 aliphatic heterocycles. The van der Waals surface area contributed by atoms with Crippen LogP contribution < -0.4 is 10.0 Å². The van der Waals surface area contributed by atoms with Gasteiger partial charge in [-0.05, 0) is 70.4 Å². The first-order valence-electron chi connectivity index (χ1n) is 9.61. The maximum atomic E-state index is 13.9. The molecule has 12 heteroatoms. The number of hydrogen-bond acceptors (Lipinski definition) is 4. The van der Waals surface area contributed by atoms with Crippen LogP contribution in [0.25, 0.3) is 10.4 Å². The molecular weight excluding hydrogens is 560 g/mol. The number of hydrogen-bond donors (Lipinski definition) is 2. The van der Waals surface area contributed by atoms with E-state index in [1.165, 1.54) is 36.6 Å². The third-order valence-corrected chi connectivity index (χ3v) is 9.01. The number of nitrogens with one attached hydrogen (secondary N) is 2. The molecule has 2 aromatic carbocycles. The first-order chi connectivity index (χ1) is 15.5. The predicted octanol–water partition coefficient (Wildman–Crippen LogP) is 5.33. The molecule has 1 amide bonds. The molecule has 1 aromatic heterocycles. The summed E-state index contributed by atoms with van der Waals surface area (Å²) in [5, 5.41) is 2.44. The van der Waals surface area contributed by atoms with Gasteiger partial charge < -0.3 is 5.32 Å². The Kier molecular flexibility index (Phi) is 6.90. The van der Waals surface area contributed by atoms with Crippen molar-refractivity contribution in [2.45, 2.75) is 18.5 Å². The molecule has 6 nitrogen and oxygen atoms in total. The Labute approximate surface area is 206 Å². The quantitative estimate of drug-likeness (QED) is 0.441. The smallest absolute Gasteiger partial charge is 0.280 e. The predicted molar refractivity (Wildman–Crippen MR) is 128 cm³/mol. The lowest BCUT2D eigenvalue weighted by molar-refractivity contribution is -0.120. The molecular formula is C21H17BrClF2N3O3S2. The second kappa shape index (κ2) is 9.40. The zero-order valence-corrected chi connectivity index (χ0v) is 21.0. The lowest BCUT2D eigenvalue weighted by atomic mass is 10.1. The molecule has 174 valence electrons. The fraction of sp³-hybridized carbons (Fsp3) is 0.190. The topological polar surface area (TPSA) is 78.5 Å². The Balaban J connectivity index is 1.57. The van der Waals surface area contributed by atoms with Gasteiger partial charge in [-0.1, -0.05) is 17.7 Å². The minimum Gasteiger partial charge on any atom is -0.325 e. The van der Waals surface area contributed by atoms with Crippen LogP contribution >= 0.6 is 38.9 Å². The molecule has 1 saturated heterocycles. The highest BCUT2D eigenvalue weighted by Gasteiger charge is 2.41. The third-order valence-electron chi connectivity index (χ3n) is 5.23. The molecule has 0 saturated carbocycles. The molecule has 3 aromatic rings. The minimum absolute atomic E-state index is 0.158. The number of thiophene rings is 1. The molecule has 1 aliphatic rings. The van der Waals surface area contributed by atoms with E-state index in [0.717, 1.165) is 15.2 Å². The van der Waals surface area contributed by atoms with Gasteiger partial charge in [-0.3, -0.25) is 4.79 Å². The first-order valence-corrected chi connectivity index (χ1v) is 13.0. The summed E-state index contributed by atoms with van der Waals surface area (Å²) in [5.41, 5.74) is 0.910. The van der Waals surface area contributed by atoms with Gasteiger partial charge in [0.25, 0.3) is 10.2 Å². The summed E-state index contributed by atoms with van der Waals surface area (Å²) in [4.78, 5) is 14.4. The van der Waals surface area contributed by atoms with E-state index in [1.54, 1.807) is 24.3 Å². The van der Waals surface area contributed by atoms with Crippen LogP contribution in [0.3, 0.4) is 0 Å². The van der Waals surface area contributed by atoms with Crippen molar-refractivity contribution in [3.05, 3.63) is 74.5 Å². The van der Waals surface area contributed by atoms with E-state index in [0.29, 0.717) is 14.9 Å². The highest BCUT2D eigenvalue weighted by atomic mass is 79.9. The van der Waals surface area contributed by atoms with Gasteiger partial charge >= 0.3 is 0 Å². The van der Waals surface area contributed by atoms with Gasteiger partial charge in [-0.15, -0.1) is 11.3 Å². The SMILES string of the molecule is CN1[C@H](C(=O)Nc2ccc(F)c(Cl)c2)C[C@H](c2ccc(-c3ccc(Br)c(F)c3)s2)NS1(=O)=O. The van der Waals surface area contributed by atoms with Crippen LogP contribution in [0.4, 0.5) is 14.5 Å². The number of carbonyl (C=O) groups is 1. The molecule has 4 rings (SSSR count). The van der Waals surface area contributed by atoms with E-state index >= 15 is 0 Å². The highest BCUT2D eigenvalue weighted by Crippen LogP contribution is 2.37. The molecule has 1 fully saturated rings. The number of halogens is 4. The summed E-state index contributed by atoms with van der Waals surface area (Å²) in [6.45, 7) is 0. The number of anilines is 1. The van der Waals surface area contributed by atoms with E-state index in [9.17, 15) is 22.0 Å². The maximum absolute atomic E-state index is 13.9. The van der Waals surface area contributed by atoms with Crippen LogP contribution in [0.1, 0.15) is 17.3 Å². The van der Waals surface area contributed by atoms with Crippen molar-refractivity contribution in [2.24, 2.45) is 0 Å². The van der Waals surface area contributed by atoms with Gasteiger partial charge in [-0.2, -0.15) is 17.4 Å². The van der Waals surface area contributed by atoms with Gasteiger partial charge in [0, 0.05) is 22.5 Å². The van der Waals surface area contributed by atoms with Crippen LogP contribution in [0.15, 0.2) is 53.0 Å². The van der Waals surface area contributed by atoms with Crippen molar-refractivity contribution >= 4 is 60.7 Å². The van der Waals surface area contributed by atoms with E-state index in [-0.39, 0.29) is 17.1 Å². The zero-order valence-electron chi connectivity index (χ0n) is 17.0. The Hall–Kier alpha value is -1.89. The second-order valence-electron chi connectivity index (χ2n) is 7.39. The van der Waals surface area contributed by atoms with Gasteiger partial charge in [-0.25, -0.2) is 8.78 Å². The third kappa shape index (κ3) is 5.13. The molecule has 0 unspecified atom stereocenters. The van der Waals surface area contributed by atoms with Crippen LogP contribution in [-0.2, 0) is 15.0 Å². The maximum Gasteiger partial charge on any atom is 0.280 e. The molecule has 0 spiro atoms. The van der Waals surface area contributed by atoms with E-state index in [2.05, 4.69) is 26.0 Å². The average molecular weight is 577 g/mol. The molecule has 2 heterocycles. The largest absolute Gasteiger partial charge is 0.325 e. The van der Waals surface area contributed by atoms with E-state index in [1.807, 2.05) is 0 Å². The van der Waals surface area contributed by atoms with Gasteiger partial charge in [0.05, 0.1) is 15.5 Å². The summed E-state index contributed by atoms with van der Waals surface area (Å²) >= 11 is 10.2. The number of amides is 1. The second-order valence-corrected chi connectivity index (χ2v) is 11.5. The van der Waals surface area contributed by atoms with Gasteiger partial charge in [0.15, 0.2) is 0 Å². The van der Waals surface area contributed by atoms with Crippen molar-refractivity contribution in [3.63, 3.8) is 0 Å². The van der Waals surface area contributed by atoms with Gasteiger partial charge in [0.1, 0.15) is 17.7 Å². The fourth-order valence-corrected chi connectivity index (χ4v) is 6.28. The zero-order chi connectivity index (χ0) is 23.9. The van der Waals surface area contributed by atoms with Crippen LogP contribution in [0, 0.1) is 11.6 Å². The van der Waals surface area contributed by atoms with Gasteiger partial charge in [0.2, 0.25) is 5.91 Å². The molecule has 33 heavy (non-hydrogen) atoms. The Morgan fingerprint density at radius 2 is 1.94 bits per heavy atom. The standard InChI is InChI=1S/C21H17BrClF2N3O3S2/c1-28-18(21(29)26-12-3-5-15(24)14(23)9-12)10-17(27-33(28,30)31)20-7-6-19(32-20)11-2-4-13(22)16(25)8-11/h2-9,17-18,27H,10H2,1H3,(H,26,29)/t17-,18+/m1/s1. The van der Waals surface area contributed by atoms with E-state index < -0.39 is 39.8 Å². The van der Waals surface area contributed by atoms with Crippen molar-refractivity contribution in [1.29, 1.82) is 0 Å². The van der Waals surface area contributed by atoms with Crippen molar-refractivity contribution < 1.29 is 22.0 Å². The summed E-state index contributed by atoms with van der Waals surface area (Å²) in [6, 6.07) is 10.3.